The lowest BCUT2D eigenvalue weighted by atomic mass is 10.1. The molecule has 0 atom stereocenters. The van der Waals surface area contributed by atoms with Gasteiger partial charge in [0, 0.05) is 21.3 Å². The maximum atomic E-state index is 12.2. The molecule has 0 radical (unpaired) electrons. The van der Waals surface area contributed by atoms with Crippen molar-refractivity contribution in [3.8, 4) is 0 Å². The van der Waals surface area contributed by atoms with Crippen molar-refractivity contribution in [2.24, 2.45) is 0 Å². The number of nitrogen functional groups attached to an aromatic ring is 1. The Hall–Kier alpha value is -1.82. The number of hydrogen-bond donors (Lipinski definition) is 3. The number of amides is 1. The number of benzene rings is 1. The van der Waals surface area contributed by atoms with E-state index in [0.717, 1.165) is 15.6 Å². The fourth-order valence-electron chi connectivity index (χ4n) is 1.59. The highest BCUT2D eigenvalue weighted by Crippen LogP contribution is 2.23. The minimum Gasteiger partial charge on any atom is -0.398 e. The fourth-order valence-corrected chi connectivity index (χ4v) is 2.07. The van der Waals surface area contributed by atoms with E-state index in [1.807, 2.05) is 13.8 Å². The van der Waals surface area contributed by atoms with E-state index in [1.54, 1.807) is 18.3 Å². The summed E-state index contributed by atoms with van der Waals surface area (Å²) in [4.78, 5) is 12.2. The molecule has 1 amide bonds. The quantitative estimate of drug-likeness (QED) is 0.746. The van der Waals surface area contributed by atoms with Crippen LogP contribution >= 0.6 is 15.9 Å². The average Bonchev–Trinajstić information content (AvgIpc) is 2.69. The number of aromatic nitrogens is 2. The highest BCUT2D eigenvalue weighted by atomic mass is 79.9. The van der Waals surface area contributed by atoms with Gasteiger partial charge >= 0.3 is 0 Å². The Balaban J connectivity index is 2.32. The molecule has 0 unspecified atom stereocenters. The summed E-state index contributed by atoms with van der Waals surface area (Å²) in [5.41, 5.74) is 8.59. The molecule has 0 aliphatic heterocycles. The second-order valence-corrected chi connectivity index (χ2v) is 4.97. The Morgan fingerprint density at radius 3 is 2.78 bits per heavy atom. The number of nitrogens with two attached hydrogens (primary N) is 1. The zero-order valence-electron chi connectivity index (χ0n) is 10.0. The van der Waals surface area contributed by atoms with Gasteiger partial charge in [-0.05, 0) is 31.5 Å². The van der Waals surface area contributed by atoms with Crippen LogP contribution in [0.2, 0.25) is 0 Å². The Bertz CT molecular complexity index is 606. The minimum atomic E-state index is -0.215. The summed E-state index contributed by atoms with van der Waals surface area (Å²) in [6, 6.07) is 3.51. The van der Waals surface area contributed by atoms with Gasteiger partial charge in [-0.1, -0.05) is 15.9 Å². The number of H-pyrrole nitrogens is 1. The van der Waals surface area contributed by atoms with Crippen LogP contribution in [0.5, 0.6) is 0 Å². The van der Waals surface area contributed by atoms with E-state index in [4.69, 9.17) is 5.73 Å². The van der Waals surface area contributed by atoms with Gasteiger partial charge in [-0.15, -0.1) is 0 Å². The molecule has 18 heavy (non-hydrogen) atoms. The van der Waals surface area contributed by atoms with Crippen LogP contribution in [0.15, 0.2) is 22.8 Å². The Morgan fingerprint density at radius 1 is 1.44 bits per heavy atom. The Morgan fingerprint density at radius 2 is 2.17 bits per heavy atom. The molecular formula is C12H13BrN4O. The normalized spacial score (nSPS) is 10.4. The molecule has 6 heteroatoms. The summed E-state index contributed by atoms with van der Waals surface area (Å²) >= 11 is 3.33. The fraction of sp³-hybridized carbons (Fsp3) is 0.167. The van der Waals surface area contributed by atoms with Crippen LogP contribution in [0.4, 0.5) is 11.5 Å². The first-order valence-electron chi connectivity index (χ1n) is 5.36. The Kier molecular flexibility index (Phi) is 3.38. The summed E-state index contributed by atoms with van der Waals surface area (Å²) in [5.74, 6) is 0.380. The molecule has 0 spiro atoms. The van der Waals surface area contributed by atoms with E-state index in [0.29, 0.717) is 17.1 Å². The van der Waals surface area contributed by atoms with Crippen LogP contribution in [-0.2, 0) is 0 Å². The topological polar surface area (TPSA) is 83.8 Å². The highest BCUT2D eigenvalue weighted by Gasteiger charge is 2.14. The second kappa shape index (κ2) is 4.81. The number of halogens is 1. The van der Waals surface area contributed by atoms with E-state index < -0.39 is 0 Å². The summed E-state index contributed by atoms with van der Waals surface area (Å²) in [6.07, 6.45) is 1.65. The van der Waals surface area contributed by atoms with Gasteiger partial charge in [-0.3, -0.25) is 9.89 Å². The summed E-state index contributed by atoms with van der Waals surface area (Å²) < 4.78 is 0.775. The van der Waals surface area contributed by atoms with Crippen LogP contribution in [0.1, 0.15) is 21.5 Å². The van der Waals surface area contributed by atoms with Crippen molar-refractivity contribution in [3.05, 3.63) is 39.5 Å². The number of rotatable bonds is 2. The van der Waals surface area contributed by atoms with E-state index in [2.05, 4.69) is 31.4 Å². The first-order chi connectivity index (χ1) is 8.49. The zero-order valence-corrected chi connectivity index (χ0v) is 11.6. The van der Waals surface area contributed by atoms with Gasteiger partial charge < -0.3 is 11.1 Å². The predicted octanol–water partition coefficient (Wildman–Crippen LogP) is 2.62. The van der Waals surface area contributed by atoms with Crippen LogP contribution in [0, 0.1) is 13.8 Å². The molecule has 5 nitrogen and oxygen atoms in total. The third-order valence-electron chi connectivity index (χ3n) is 2.72. The molecule has 94 valence electrons. The number of nitrogens with zero attached hydrogens (tertiary/aromatic N) is 1. The molecule has 0 fully saturated rings. The SMILES string of the molecule is Cc1cn[nH]c1NC(=O)c1cc(Br)cc(N)c1C. The molecule has 1 heterocycles. The molecule has 0 aliphatic rings. The molecule has 2 aromatic rings. The lowest BCUT2D eigenvalue weighted by molar-refractivity contribution is 0.102. The Labute approximate surface area is 113 Å². The molecular weight excluding hydrogens is 296 g/mol. The molecule has 2 rings (SSSR count). The molecule has 1 aromatic carbocycles. The molecule has 4 N–H and O–H groups in total. The van der Waals surface area contributed by atoms with Crippen molar-refractivity contribution in [1.29, 1.82) is 0 Å². The smallest absolute Gasteiger partial charge is 0.257 e. The summed E-state index contributed by atoms with van der Waals surface area (Å²) in [7, 11) is 0. The van der Waals surface area contributed by atoms with Gasteiger partial charge in [-0.25, -0.2) is 0 Å². The summed E-state index contributed by atoms with van der Waals surface area (Å²) in [5, 5.41) is 9.35. The van der Waals surface area contributed by atoms with Crippen molar-refractivity contribution in [3.63, 3.8) is 0 Å². The van der Waals surface area contributed by atoms with Crippen LogP contribution in [0.25, 0.3) is 0 Å². The second-order valence-electron chi connectivity index (χ2n) is 4.05. The number of hydrogen-bond acceptors (Lipinski definition) is 3. The monoisotopic (exact) mass is 308 g/mol. The van der Waals surface area contributed by atoms with E-state index in [1.165, 1.54) is 0 Å². The first-order valence-corrected chi connectivity index (χ1v) is 6.15. The van der Waals surface area contributed by atoms with Crippen molar-refractivity contribution >= 4 is 33.3 Å². The highest BCUT2D eigenvalue weighted by molar-refractivity contribution is 9.10. The van der Waals surface area contributed by atoms with Gasteiger partial charge in [0.25, 0.3) is 5.91 Å². The molecule has 0 aliphatic carbocycles. The molecule has 1 aromatic heterocycles. The van der Waals surface area contributed by atoms with Crippen molar-refractivity contribution < 1.29 is 4.79 Å². The third-order valence-corrected chi connectivity index (χ3v) is 3.18. The van der Waals surface area contributed by atoms with Gasteiger partial charge in [0.2, 0.25) is 0 Å². The van der Waals surface area contributed by atoms with Crippen molar-refractivity contribution in [2.75, 3.05) is 11.1 Å². The van der Waals surface area contributed by atoms with Crippen molar-refractivity contribution in [2.45, 2.75) is 13.8 Å². The number of nitrogens with one attached hydrogen (secondary N) is 2. The molecule has 0 saturated carbocycles. The first kappa shape index (κ1) is 12.6. The lowest BCUT2D eigenvalue weighted by Gasteiger charge is -2.09. The standard InChI is InChI=1S/C12H13BrN4O/c1-6-5-15-17-11(6)16-12(18)9-3-8(13)4-10(14)7(9)2/h3-5H,14H2,1-2H3,(H2,15,16,17,18). The number of anilines is 2. The molecule has 0 bridgehead atoms. The third kappa shape index (κ3) is 2.38. The maximum Gasteiger partial charge on any atom is 0.257 e. The number of carbonyl (C=O) groups is 1. The van der Waals surface area contributed by atoms with E-state index in [-0.39, 0.29) is 5.91 Å². The molecule has 0 saturated heterocycles. The van der Waals surface area contributed by atoms with Crippen molar-refractivity contribution in [1.82, 2.24) is 10.2 Å². The lowest BCUT2D eigenvalue weighted by Crippen LogP contribution is -2.15. The number of carbonyl (C=O) groups excluding carboxylic acids is 1. The van der Waals surface area contributed by atoms with Gasteiger partial charge in [0.05, 0.1) is 6.20 Å². The number of aromatic amines is 1. The van der Waals surface area contributed by atoms with E-state index in [9.17, 15) is 4.79 Å². The van der Waals surface area contributed by atoms with Crippen LogP contribution in [-0.4, -0.2) is 16.1 Å². The largest absolute Gasteiger partial charge is 0.398 e. The number of aryl methyl sites for hydroxylation is 1. The minimum absolute atomic E-state index is 0.215. The average molecular weight is 309 g/mol. The maximum absolute atomic E-state index is 12.2. The zero-order chi connectivity index (χ0) is 13.3. The van der Waals surface area contributed by atoms with Gasteiger partial charge in [0.1, 0.15) is 5.82 Å². The van der Waals surface area contributed by atoms with Crippen LogP contribution in [0.3, 0.4) is 0 Å². The van der Waals surface area contributed by atoms with E-state index >= 15 is 0 Å². The van der Waals surface area contributed by atoms with Crippen LogP contribution < -0.4 is 11.1 Å². The van der Waals surface area contributed by atoms with Gasteiger partial charge in [0.15, 0.2) is 0 Å². The summed E-state index contributed by atoms with van der Waals surface area (Å²) in [6.45, 7) is 3.68. The predicted molar refractivity (Wildman–Crippen MR) is 74.6 cm³/mol. The van der Waals surface area contributed by atoms with Gasteiger partial charge in [-0.2, -0.15) is 5.10 Å².